The molecule has 0 aliphatic carbocycles. The molecule has 1 aliphatic rings. The van der Waals surface area contributed by atoms with Crippen LogP contribution in [0, 0.1) is 7.05 Å². The van der Waals surface area contributed by atoms with Gasteiger partial charge in [0.2, 0.25) is 5.91 Å². The van der Waals surface area contributed by atoms with E-state index in [-0.39, 0.29) is 11.9 Å². The molecule has 0 aromatic heterocycles. The summed E-state index contributed by atoms with van der Waals surface area (Å²) in [6, 6.07) is 9.89. The van der Waals surface area contributed by atoms with Crippen molar-refractivity contribution in [1.29, 1.82) is 0 Å². The fourth-order valence-corrected chi connectivity index (χ4v) is 2.43. The summed E-state index contributed by atoms with van der Waals surface area (Å²) in [7, 11) is 3.70. The van der Waals surface area contributed by atoms with Gasteiger partial charge in [0.1, 0.15) is 0 Å². The van der Waals surface area contributed by atoms with Crippen LogP contribution in [0.5, 0.6) is 0 Å². The molecule has 0 spiro atoms. The monoisotopic (exact) mass is 245 g/mol. The van der Waals surface area contributed by atoms with E-state index in [4.69, 9.17) is 0 Å². The van der Waals surface area contributed by atoms with Crippen LogP contribution >= 0.6 is 0 Å². The number of nitrogens with one attached hydrogen (secondary N) is 1. The lowest BCUT2D eigenvalue weighted by Gasteiger charge is -2.30. The average Bonchev–Trinajstić information content (AvgIpc) is 2.46. The highest BCUT2D eigenvalue weighted by Crippen LogP contribution is 2.12. The van der Waals surface area contributed by atoms with Crippen LogP contribution < -0.4 is 5.32 Å². The topological polar surface area (TPSA) is 32.3 Å². The molecule has 3 nitrogen and oxygen atoms in total. The van der Waals surface area contributed by atoms with Crippen LogP contribution in [-0.2, 0) is 11.2 Å². The van der Waals surface area contributed by atoms with Crippen LogP contribution in [0.25, 0.3) is 0 Å². The number of amides is 1. The number of hydrogen-bond donors (Lipinski definition) is 1. The first-order valence-corrected chi connectivity index (χ1v) is 6.66. The summed E-state index contributed by atoms with van der Waals surface area (Å²) in [5.74, 6) is 0.188. The van der Waals surface area contributed by atoms with Gasteiger partial charge in [-0.3, -0.25) is 4.79 Å². The second-order valence-corrected chi connectivity index (χ2v) is 4.83. The van der Waals surface area contributed by atoms with Crippen molar-refractivity contribution in [3.05, 3.63) is 42.9 Å². The van der Waals surface area contributed by atoms with E-state index in [1.54, 1.807) is 0 Å². The first kappa shape index (κ1) is 13.1. The Kier molecular flexibility index (Phi) is 4.76. The second-order valence-electron chi connectivity index (χ2n) is 4.83. The highest BCUT2D eigenvalue weighted by atomic mass is 16.2. The molecule has 1 saturated heterocycles. The van der Waals surface area contributed by atoms with Gasteiger partial charge in [-0.2, -0.15) is 0 Å². The maximum Gasteiger partial charge on any atom is 0.240 e. The number of piperidine rings is 1. The molecule has 0 saturated carbocycles. The Hall–Kier alpha value is -1.35. The van der Waals surface area contributed by atoms with Gasteiger partial charge in [-0.05, 0) is 31.2 Å². The molecule has 1 aromatic rings. The summed E-state index contributed by atoms with van der Waals surface area (Å²) in [5, 5.41) is 2.91. The molecule has 1 atom stereocenters. The molecule has 1 amide bonds. The number of carbonyl (C=O) groups is 1. The molecule has 1 aliphatic heterocycles. The fraction of sp³-hybridized carbons (Fsp3) is 0.467. The van der Waals surface area contributed by atoms with Gasteiger partial charge in [-0.15, -0.1) is 0 Å². The van der Waals surface area contributed by atoms with E-state index in [9.17, 15) is 4.79 Å². The molecule has 1 fully saturated rings. The number of nitrogens with zero attached hydrogens (tertiary/aromatic N) is 1. The Labute approximate surface area is 109 Å². The zero-order valence-electron chi connectivity index (χ0n) is 10.8. The van der Waals surface area contributed by atoms with Gasteiger partial charge in [-0.25, -0.2) is 0 Å². The van der Waals surface area contributed by atoms with Crippen LogP contribution in [0.1, 0.15) is 24.8 Å². The van der Waals surface area contributed by atoms with Crippen molar-refractivity contribution in [2.24, 2.45) is 0 Å². The molecule has 97 valence electrons. The minimum Gasteiger partial charge on any atom is -0.341 e. The van der Waals surface area contributed by atoms with Crippen molar-refractivity contribution in [3.8, 4) is 0 Å². The van der Waals surface area contributed by atoms with Gasteiger partial charge in [-0.1, -0.05) is 30.3 Å². The molecule has 1 aromatic carbocycles. The van der Waals surface area contributed by atoms with Crippen LogP contribution in [0.3, 0.4) is 0 Å². The molecular formula is C15H21N2O. The SMILES string of the molecule is [CH2]N[C@@H](Cc1ccccc1)C(=O)N1CCCCC1. The third-order valence-corrected chi connectivity index (χ3v) is 3.49. The molecule has 18 heavy (non-hydrogen) atoms. The third-order valence-electron chi connectivity index (χ3n) is 3.49. The molecule has 1 radical (unpaired) electrons. The minimum atomic E-state index is -0.203. The van der Waals surface area contributed by atoms with Crippen molar-refractivity contribution in [1.82, 2.24) is 10.2 Å². The Morgan fingerprint density at radius 3 is 2.50 bits per heavy atom. The van der Waals surface area contributed by atoms with Gasteiger partial charge in [0.15, 0.2) is 0 Å². The summed E-state index contributed by atoms with van der Waals surface area (Å²) >= 11 is 0. The number of benzene rings is 1. The molecule has 1 heterocycles. The van der Waals surface area contributed by atoms with E-state index in [1.807, 2.05) is 35.2 Å². The molecule has 1 N–H and O–H groups in total. The van der Waals surface area contributed by atoms with Crippen molar-refractivity contribution < 1.29 is 4.79 Å². The van der Waals surface area contributed by atoms with Gasteiger partial charge >= 0.3 is 0 Å². The molecular weight excluding hydrogens is 224 g/mol. The van der Waals surface area contributed by atoms with Crippen LogP contribution in [0.4, 0.5) is 0 Å². The van der Waals surface area contributed by atoms with Gasteiger partial charge in [0.05, 0.1) is 6.04 Å². The normalized spacial score (nSPS) is 17.5. The standard InChI is InChI=1S/C15H21N2O/c1-16-14(12-13-8-4-2-5-9-13)15(18)17-10-6-3-7-11-17/h2,4-5,8-9,14,16H,1,3,6-7,10-12H2/t14-/m0/s1. The quantitative estimate of drug-likeness (QED) is 0.880. The largest absolute Gasteiger partial charge is 0.341 e. The predicted octanol–water partition coefficient (Wildman–Crippen LogP) is 1.99. The third kappa shape index (κ3) is 3.33. The van der Waals surface area contributed by atoms with Gasteiger partial charge < -0.3 is 10.2 Å². The lowest BCUT2D eigenvalue weighted by molar-refractivity contribution is -0.134. The second kappa shape index (κ2) is 6.55. The average molecular weight is 245 g/mol. The van der Waals surface area contributed by atoms with Crippen LogP contribution in [0.15, 0.2) is 30.3 Å². The van der Waals surface area contributed by atoms with Crippen molar-refractivity contribution in [3.63, 3.8) is 0 Å². The zero-order valence-corrected chi connectivity index (χ0v) is 10.8. The minimum absolute atomic E-state index is 0.188. The Morgan fingerprint density at radius 1 is 1.22 bits per heavy atom. The molecule has 2 rings (SSSR count). The Bertz CT molecular complexity index is 371. The molecule has 0 bridgehead atoms. The van der Waals surface area contributed by atoms with Crippen molar-refractivity contribution in [2.45, 2.75) is 31.7 Å². The highest BCUT2D eigenvalue weighted by molar-refractivity contribution is 5.82. The fourth-order valence-electron chi connectivity index (χ4n) is 2.43. The first-order chi connectivity index (χ1) is 8.81. The van der Waals surface area contributed by atoms with E-state index in [0.29, 0.717) is 6.42 Å². The maximum absolute atomic E-state index is 12.4. The summed E-state index contributed by atoms with van der Waals surface area (Å²) in [6.45, 7) is 1.79. The smallest absolute Gasteiger partial charge is 0.240 e. The molecule has 3 heteroatoms. The predicted molar refractivity (Wildman–Crippen MR) is 72.9 cm³/mol. The van der Waals surface area contributed by atoms with E-state index >= 15 is 0 Å². The number of likely N-dealkylation sites (tertiary alicyclic amines) is 1. The summed E-state index contributed by atoms with van der Waals surface area (Å²) in [5.41, 5.74) is 1.17. The van der Waals surface area contributed by atoms with E-state index in [2.05, 4.69) is 12.4 Å². The van der Waals surface area contributed by atoms with Crippen LogP contribution in [-0.4, -0.2) is 29.9 Å². The number of hydrogen-bond acceptors (Lipinski definition) is 2. The van der Waals surface area contributed by atoms with E-state index in [0.717, 1.165) is 25.9 Å². The molecule has 0 unspecified atom stereocenters. The summed E-state index contributed by atoms with van der Waals surface area (Å²) < 4.78 is 0. The van der Waals surface area contributed by atoms with Crippen LogP contribution in [0.2, 0.25) is 0 Å². The van der Waals surface area contributed by atoms with Crippen molar-refractivity contribution >= 4 is 5.91 Å². The van der Waals surface area contributed by atoms with E-state index < -0.39 is 0 Å². The number of carbonyl (C=O) groups excluding carboxylic acids is 1. The first-order valence-electron chi connectivity index (χ1n) is 6.66. The highest BCUT2D eigenvalue weighted by Gasteiger charge is 2.24. The number of rotatable bonds is 4. The summed E-state index contributed by atoms with van der Waals surface area (Å²) in [6.07, 6.45) is 4.20. The van der Waals surface area contributed by atoms with E-state index in [1.165, 1.54) is 12.0 Å². The Morgan fingerprint density at radius 2 is 1.89 bits per heavy atom. The zero-order chi connectivity index (χ0) is 12.8. The lowest BCUT2D eigenvalue weighted by Crippen LogP contribution is -2.47. The maximum atomic E-state index is 12.4. The lowest BCUT2D eigenvalue weighted by atomic mass is 10.0. The van der Waals surface area contributed by atoms with Crippen molar-refractivity contribution in [2.75, 3.05) is 13.1 Å². The summed E-state index contributed by atoms with van der Waals surface area (Å²) in [4.78, 5) is 14.3. The van der Waals surface area contributed by atoms with Gasteiger partial charge in [0, 0.05) is 20.1 Å². The van der Waals surface area contributed by atoms with Gasteiger partial charge in [0.25, 0.3) is 0 Å². The Balaban J connectivity index is 1.97.